The Kier molecular flexibility index (Phi) is 3.00. The van der Waals surface area contributed by atoms with Crippen molar-refractivity contribution in [3.63, 3.8) is 0 Å². The van der Waals surface area contributed by atoms with Gasteiger partial charge in [0.1, 0.15) is 0 Å². The second-order valence-corrected chi connectivity index (χ2v) is 5.91. The minimum absolute atomic E-state index is 0.110. The molecule has 1 unspecified atom stereocenters. The van der Waals surface area contributed by atoms with Gasteiger partial charge in [0.25, 0.3) is 0 Å². The van der Waals surface area contributed by atoms with E-state index in [1.54, 1.807) is 6.92 Å². The van der Waals surface area contributed by atoms with Crippen molar-refractivity contribution in [2.24, 2.45) is 0 Å². The molecule has 1 atom stereocenters. The molecule has 1 N–H and O–H groups in total. The highest BCUT2D eigenvalue weighted by molar-refractivity contribution is 5.86. The number of benzene rings is 2. The van der Waals surface area contributed by atoms with E-state index in [4.69, 9.17) is 0 Å². The fraction of sp³-hybridized carbons (Fsp3) is 0.211. The van der Waals surface area contributed by atoms with Crippen molar-refractivity contribution in [1.29, 1.82) is 0 Å². The van der Waals surface area contributed by atoms with Crippen molar-refractivity contribution in [2.75, 3.05) is 0 Å². The highest BCUT2D eigenvalue weighted by Crippen LogP contribution is 2.36. The van der Waals surface area contributed by atoms with Crippen molar-refractivity contribution < 1.29 is 4.79 Å². The highest BCUT2D eigenvalue weighted by atomic mass is 16.2. The van der Waals surface area contributed by atoms with Gasteiger partial charge in [-0.15, -0.1) is 0 Å². The SMILES string of the molecule is CC(=O)N1Cc2c([nH]c3ccccc23)CC1c1ccccc1. The van der Waals surface area contributed by atoms with Crippen molar-refractivity contribution in [1.82, 2.24) is 9.88 Å². The third kappa shape index (κ3) is 2.01. The van der Waals surface area contributed by atoms with Crippen LogP contribution in [-0.2, 0) is 17.8 Å². The van der Waals surface area contributed by atoms with Crippen LogP contribution in [0.15, 0.2) is 54.6 Å². The van der Waals surface area contributed by atoms with E-state index in [2.05, 4.69) is 35.3 Å². The van der Waals surface area contributed by atoms with Gasteiger partial charge in [0, 0.05) is 42.0 Å². The number of nitrogens with one attached hydrogen (secondary N) is 1. The largest absolute Gasteiger partial charge is 0.358 e. The third-order valence-electron chi connectivity index (χ3n) is 4.59. The van der Waals surface area contributed by atoms with Crippen LogP contribution < -0.4 is 0 Å². The van der Waals surface area contributed by atoms with Crippen LogP contribution >= 0.6 is 0 Å². The van der Waals surface area contributed by atoms with E-state index in [1.165, 1.54) is 22.2 Å². The molecule has 2 heterocycles. The van der Waals surface area contributed by atoms with E-state index in [0.717, 1.165) is 11.9 Å². The molecule has 0 spiro atoms. The number of para-hydroxylation sites is 1. The van der Waals surface area contributed by atoms with Crippen LogP contribution in [0.3, 0.4) is 0 Å². The molecule has 3 nitrogen and oxygen atoms in total. The average molecular weight is 290 g/mol. The number of rotatable bonds is 1. The fourth-order valence-corrected chi connectivity index (χ4v) is 3.50. The molecule has 4 rings (SSSR count). The monoisotopic (exact) mass is 290 g/mol. The molecular weight excluding hydrogens is 272 g/mol. The van der Waals surface area contributed by atoms with E-state index >= 15 is 0 Å². The first kappa shape index (κ1) is 13.1. The smallest absolute Gasteiger partial charge is 0.220 e. The number of fused-ring (bicyclic) bond motifs is 3. The Morgan fingerprint density at radius 1 is 1.09 bits per heavy atom. The van der Waals surface area contributed by atoms with E-state index in [-0.39, 0.29) is 11.9 Å². The third-order valence-corrected chi connectivity index (χ3v) is 4.59. The number of carbonyl (C=O) groups is 1. The minimum atomic E-state index is 0.110. The van der Waals surface area contributed by atoms with Crippen LogP contribution in [0.2, 0.25) is 0 Å². The predicted octanol–water partition coefficient (Wildman–Crippen LogP) is 3.81. The molecule has 0 bridgehead atoms. The van der Waals surface area contributed by atoms with Crippen molar-refractivity contribution in [2.45, 2.75) is 25.9 Å². The molecule has 3 heteroatoms. The van der Waals surface area contributed by atoms with Crippen LogP contribution in [0.1, 0.15) is 29.8 Å². The zero-order valence-electron chi connectivity index (χ0n) is 12.5. The van der Waals surface area contributed by atoms with Crippen LogP contribution in [0.4, 0.5) is 0 Å². The maximum absolute atomic E-state index is 12.2. The van der Waals surface area contributed by atoms with Gasteiger partial charge in [-0.25, -0.2) is 0 Å². The molecule has 0 aliphatic carbocycles. The number of nitrogens with zero attached hydrogens (tertiary/aromatic N) is 1. The number of aromatic amines is 1. The van der Waals surface area contributed by atoms with Gasteiger partial charge in [-0.05, 0) is 11.6 Å². The van der Waals surface area contributed by atoms with Crippen molar-refractivity contribution in [3.05, 3.63) is 71.4 Å². The quantitative estimate of drug-likeness (QED) is 0.727. The molecule has 0 saturated carbocycles. The Morgan fingerprint density at radius 3 is 2.59 bits per heavy atom. The number of carbonyl (C=O) groups excluding carboxylic acids is 1. The van der Waals surface area contributed by atoms with E-state index < -0.39 is 0 Å². The molecule has 0 saturated heterocycles. The van der Waals surface area contributed by atoms with E-state index in [0.29, 0.717) is 6.54 Å². The molecule has 1 amide bonds. The number of amides is 1. The lowest BCUT2D eigenvalue weighted by Crippen LogP contribution is -2.37. The summed E-state index contributed by atoms with van der Waals surface area (Å²) in [6.45, 7) is 2.34. The van der Waals surface area contributed by atoms with Gasteiger partial charge in [-0.3, -0.25) is 4.79 Å². The average Bonchev–Trinajstić information content (AvgIpc) is 2.92. The summed E-state index contributed by atoms with van der Waals surface area (Å²) in [5.41, 5.74) is 4.87. The minimum Gasteiger partial charge on any atom is -0.358 e. The Hall–Kier alpha value is -2.55. The van der Waals surface area contributed by atoms with E-state index in [9.17, 15) is 4.79 Å². The zero-order chi connectivity index (χ0) is 15.1. The lowest BCUT2D eigenvalue weighted by atomic mass is 9.93. The molecule has 1 aromatic heterocycles. The Balaban J connectivity index is 1.83. The summed E-state index contributed by atoms with van der Waals surface area (Å²) in [5, 5.41) is 1.23. The fourth-order valence-electron chi connectivity index (χ4n) is 3.50. The molecule has 110 valence electrons. The number of H-pyrrole nitrogens is 1. The summed E-state index contributed by atoms with van der Waals surface area (Å²) in [5.74, 6) is 0.129. The Bertz CT molecular complexity index is 835. The van der Waals surface area contributed by atoms with Crippen molar-refractivity contribution >= 4 is 16.8 Å². The molecule has 2 aromatic carbocycles. The van der Waals surface area contributed by atoms with Crippen molar-refractivity contribution in [3.8, 4) is 0 Å². The van der Waals surface area contributed by atoms with Gasteiger partial charge >= 0.3 is 0 Å². The van der Waals surface area contributed by atoms with Gasteiger partial charge in [0.05, 0.1) is 6.04 Å². The van der Waals surface area contributed by atoms with Crippen LogP contribution in [0.5, 0.6) is 0 Å². The van der Waals surface area contributed by atoms with Gasteiger partial charge < -0.3 is 9.88 Å². The topological polar surface area (TPSA) is 36.1 Å². The summed E-state index contributed by atoms with van der Waals surface area (Å²) in [7, 11) is 0. The second kappa shape index (κ2) is 5.02. The first-order chi connectivity index (χ1) is 10.7. The maximum Gasteiger partial charge on any atom is 0.220 e. The second-order valence-electron chi connectivity index (χ2n) is 5.91. The first-order valence-electron chi connectivity index (χ1n) is 7.64. The summed E-state index contributed by atoms with van der Waals surface area (Å²) >= 11 is 0. The molecule has 0 radical (unpaired) electrons. The number of hydrogen-bond acceptors (Lipinski definition) is 1. The number of hydrogen-bond donors (Lipinski definition) is 1. The lowest BCUT2D eigenvalue weighted by Gasteiger charge is -2.35. The summed E-state index contributed by atoms with van der Waals surface area (Å²) in [6, 6.07) is 18.7. The summed E-state index contributed by atoms with van der Waals surface area (Å²) < 4.78 is 0. The molecule has 3 aromatic rings. The zero-order valence-corrected chi connectivity index (χ0v) is 12.5. The highest BCUT2D eigenvalue weighted by Gasteiger charge is 2.31. The maximum atomic E-state index is 12.2. The molecule has 1 aliphatic rings. The molecule has 1 aliphatic heterocycles. The van der Waals surface area contributed by atoms with Crippen LogP contribution in [-0.4, -0.2) is 15.8 Å². The molecule has 22 heavy (non-hydrogen) atoms. The summed E-state index contributed by atoms with van der Waals surface area (Å²) in [6.07, 6.45) is 0.841. The molecular formula is C19H18N2O. The van der Waals surface area contributed by atoms with Gasteiger partial charge in [0.15, 0.2) is 0 Å². The van der Waals surface area contributed by atoms with Gasteiger partial charge in [-0.1, -0.05) is 48.5 Å². The number of aromatic nitrogens is 1. The predicted molar refractivity (Wildman–Crippen MR) is 87.4 cm³/mol. The van der Waals surface area contributed by atoms with Crippen LogP contribution in [0.25, 0.3) is 10.9 Å². The lowest BCUT2D eigenvalue weighted by molar-refractivity contribution is -0.132. The normalized spacial score (nSPS) is 17.5. The van der Waals surface area contributed by atoms with Gasteiger partial charge in [0.2, 0.25) is 5.91 Å². The van der Waals surface area contributed by atoms with Gasteiger partial charge in [-0.2, -0.15) is 0 Å². The van der Waals surface area contributed by atoms with Crippen LogP contribution in [0, 0.1) is 0 Å². The standard InChI is InChI=1S/C19H18N2O/c1-13(22)21-12-16-15-9-5-6-10-17(15)20-18(16)11-19(21)14-7-3-2-4-8-14/h2-10,19-20H,11-12H2,1H3. The molecule has 0 fully saturated rings. The first-order valence-corrected chi connectivity index (χ1v) is 7.64. The Morgan fingerprint density at radius 2 is 1.82 bits per heavy atom. The Labute approximate surface area is 129 Å². The summed E-state index contributed by atoms with van der Waals surface area (Å²) in [4.78, 5) is 17.7. The van der Waals surface area contributed by atoms with E-state index in [1.807, 2.05) is 29.2 Å².